The van der Waals surface area contributed by atoms with Gasteiger partial charge in [0.2, 0.25) is 0 Å². The second kappa shape index (κ2) is 3.35. The van der Waals surface area contributed by atoms with Crippen LogP contribution in [0.15, 0.2) is 28.7 Å². The zero-order chi connectivity index (χ0) is 10.1. The number of aromatic nitrogens is 1. The van der Waals surface area contributed by atoms with E-state index in [1.54, 1.807) is 6.07 Å². The maximum atomic E-state index is 6.02. The molecule has 0 fully saturated rings. The van der Waals surface area contributed by atoms with E-state index >= 15 is 0 Å². The molecule has 2 N–H and O–H groups in total. The van der Waals surface area contributed by atoms with Gasteiger partial charge in [0.25, 0.3) is 6.01 Å². The van der Waals surface area contributed by atoms with E-state index in [4.69, 9.17) is 21.8 Å². The Balaban J connectivity index is 2.60. The van der Waals surface area contributed by atoms with Gasteiger partial charge in [-0.15, -0.1) is 0 Å². The number of nitrogens with two attached hydrogens (primary N) is 1. The van der Waals surface area contributed by atoms with Crippen molar-refractivity contribution in [2.45, 2.75) is 6.92 Å². The molecule has 0 bridgehead atoms. The van der Waals surface area contributed by atoms with E-state index in [1.807, 2.05) is 25.1 Å². The predicted molar refractivity (Wildman–Crippen MR) is 56.1 cm³/mol. The minimum absolute atomic E-state index is 0.164. The molecule has 3 nitrogen and oxygen atoms in total. The van der Waals surface area contributed by atoms with Crippen LogP contribution in [-0.2, 0) is 0 Å². The summed E-state index contributed by atoms with van der Waals surface area (Å²) in [7, 11) is 0. The van der Waals surface area contributed by atoms with Crippen LogP contribution in [0.25, 0.3) is 11.3 Å². The van der Waals surface area contributed by atoms with Gasteiger partial charge in [0.15, 0.2) is 0 Å². The molecular weight excluding hydrogens is 200 g/mol. The SMILES string of the molecule is Cc1oc(N)nc1-c1ccccc1Cl. The van der Waals surface area contributed by atoms with Crippen molar-refractivity contribution in [2.24, 2.45) is 0 Å². The summed E-state index contributed by atoms with van der Waals surface area (Å²) in [4.78, 5) is 4.07. The molecule has 2 rings (SSSR count). The molecule has 0 unspecified atom stereocenters. The van der Waals surface area contributed by atoms with Crippen molar-refractivity contribution in [3.8, 4) is 11.3 Å². The monoisotopic (exact) mass is 208 g/mol. The highest BCUT2D eigenvalue weighted by atomic mass is 35.5. The first kappa shape index (κ1) is 9.09. The van der Waals surface area contributed by atoms with Crippen LogP contribution in [0.1, 0.15) is 5.76 Å². The Morgan fingerprint density at radius 3 is 2.64 bits per heavy atom. The molecule has 4 heteroatoms. The zero-order valence-corrected chi connectivity index (χ0v) is 8.38. The van der Waals surface area contributed by atoms with Gasteiger partial charge in [0, 0.05) is 5.56 Å². The van der Waals surface area contributed by atoms with E-state index in [9.17, 15) is 0 Å². The van der Waals surface area contributed by atoms with E-state index in [0.29, 0.717) is 16.5 Å². The lowest BCUT2D eigenvalue weighted by atomic mass is 10.1. The van der Waals surface area contributed by atoms with Crippen LogP contribution in [0.2, 0.25) is 5.02 Å². The number of oxazole rings is 1. The Kier molecular flexibility index (Phi) is 2.17. The molecule has 2 aromatic rings. The fourth-order valence-electron chi connectivity index (χ4n) is 1.32. The highest BCUT2D eigenvalue weighted by molar-refractivity contribution is 6.33. The number of benzene rings is 1. The smallest absolute Gasteiger partial charge is 0.292 e. The van der Waals surface area contributed by atoms with Gasteiger partial charge in [-0.2, -0.15) is 4.98 Å². The van der Waals surface area contributed by atoms with Crippen LogP contribution in [0, 0.1) is 6.92 Å². The maximum absolute atomic E-state index is 6.02. The number of hydrogen-bond donors (Lipinski definition) is 1. The fourth-order valence-corrected chi connectivity index (χ4v) is 1.55. The molecule has 0 amide bonds. The molecule has 0 saturated carbocycles. The number of aryl methyl sites for hydroxylation is 1. The van der Waals surface area contributed by atoms with Crippen LogP contribution in [-0.4, -0.2) is 4.98 Å². The number of rotatable bonds is 1. The van der Waals surface area contributed by atoms with Gasteiger partial charge < -0.3 is 10.2 Å². The first-order valence-electron chi connectivity index (χ1n) is 4.16. The highest BCUT2D eigenvalue weighted by Gasteiger charge is 2.11. The van der Waals surface area contributed by atoms with Crippen molar-refractivity contribution in [3.63, 3.8) is 0 Å². The van der Waals surface area contributed by atoms with Crippen molar-refractivity contribution in [1.29, 1.82) is 0 Å². The van der Waals surface area contributed by atoms with E-state index in [0.717, 1.165) is 5.56 Å². The molecule has 0 atom stereocenters. The molecular formula is C10H9ClN2O. The number of hydrogen-bond acceptors (Lipinski definition) is 3. The second-order valence-corrected chi connectivity index (χ2v) is 3.34. The van der Waals surface area contributed by atoms with E-state index in [-0.39, 0.29) is 6.01 Å². The summed E-state index contributed by atoms with van der Waals surface area (Å²) in [5.74, 6) is 0.676. The summed E-state index contributed by atoms with van der Waals surface area (Å²) in [6.45, 7) is 1.81. The van der Waals surface area contributed by atoms with Gasteiger partial charge in [-0.1, -0.05) is 29.8 Å². The molecule has 72 valence electrons. The third-order valence-electron chi connectivity index (χ3n) is 1.94. The lowest BCUT2D eigenvalue weighted by molar-refractivity contribution is 0.549. The molecule has 1 aromatic heterocycles. The molecule has 0 spiro atoms. The van der Waals surface area contributed by atoms with Gasteiger partial charge in [0.05, 0.1) is 5.02 Å². The Labute approximate surface area is 86.5 Å². The summed E-state index contributed by atoms with van der Waals surface area (Å²) < 4.78 is 5.13. The quantitative estimate of drug-likeness (QED) is 0.784. The van der Waals surface area contributed by atoms with Crippen LogP contribution in [0.4, 0.5) is 6.01 Å². The molecule has 0 aliphatic carbocycles. The van der Waals surface area contributed by atoms with Crippen molar-refractivity contribution in [2.75, 3.05) is 5.73 Å². The highest BCUT2D eigenvalue weighted by Crippen LogP contribution is 2.30. The number of anilines is 1. The Hall–Kier alpha value is -1.48. The standard InChI is InChI=1S/C10H9ClN2O/c1-6-9(13-10(12)14-6)7-4-2-3-5-8(7)11/h2-5H,1H3,(H2,12,13). The Morgan fingerprint density at radius 2 is 2.07 bits per heavy atom. The summed E-state index contributed by atoms with van der Waals surface area (Å²) in [5.41, 5.74) is 6.99. The van der Waals surface area contributed by atoms with E-state index in [1.165, 1.54) is 0 Å². The van der Waals surface area contributed by atoms with Crippen molar-refractivity contribution in [1.82, 2.24) is 4.98 Å². The van der Waals surface area contributed by atoms with Crippen molar-refractivity contribution >= 4 is 17.6 Å². The third-order valence-corrected chi connectivity index (χ3v) is 2.27. The second-order valence-electron chi connectivity index (χ2n) is 2.94. The maximum Gasteiger partial charge on any atom is 0.292 e. The van der Waals surface area contributed by atoms with Crippen LogP contribution >= 0.6 is 11.6 Å². The minimum Gasteiger partial charge on any atom is -0.429 e. The largest absolute Gasteiger partial charge is 0.429 e. The van der Waals surface area contributed by atoms with Gasteiger partial charge in [-0.3, -0.25) is 0 Å². The Bertz CT molecular complexity index is 465. The summed E-state index contributed by atoms with van der Waals surface area (Å²) >= 11 is 6.02. The van der Waals surface area contributed by atoms with E-state index < -0.39 is 0 Å². The summed E-state index contributed by atoms with van der Waals surface area (Å²) in [5, 5.41) is 0.643. The van der Waals surface area contributed by atoms with Gasteiger partial charge in [0.1, 0.15) is 11.5 Å². The lowest BCUT2D eigenvalue weighted by Gasteiger charge is -1.99. The number of nitrogen functional groups attached to an aromatic ring is 1. The zero-order valence-electron chi connectivity index (χ0n) is 7.62. The number of nitrogens with zero attached hydrogens (tertiary/aromatic N) is 1. The molecule has 1 heterocycles. The molecule has 14 heavy (non-hydrogen) atoms. The topological polar surface area (TPSA) is 52.0 Å². The molecule has 1 aromatic carbocycles. The van der Waals surface area contributed by atoms with Crippen molar-refractivity contribution < 1.29 is 4.42 Å². The molecule has 0 aliphatic heterocycles. The van der Waals surface area contributed by atoms with Gasteiger partial charge >= 0.3 is 0 Å². The minimum atomic E-state index is 0.164. The first-order valence-corrected chi connectivity index (χ1v) is 4.54. The molecule has 0 aliphatic rings. The third kappa shape index (κ3) is 1.46. The van der Waals surface area contributed by atoms with Crippen LogP contribution in [0.3, 0.4) is 0 Å². The average Bonchev–Trinajstić information content (AvgIpc) is 2.46. The molecule has 0 radical (unpaired) electrons. The Morgan fingerprint density at radius 1 is 1.36 bits per heavy atom. The average molecular weight is 209 g/mol. The summed E-state index contributed by atoms with van der Waals surface area (Å²) in [6.07, 6.45) is 0. The van der Waals surface area contributed by atoms with Gasteiger partial charge in [-0.05, 0) is 13.0 Å². The van der Waals surface area contributed by atoms with Gasteiger partial charge in [-0.25, -0.2) is 0 Å². The lowest BCUT2D eigenvalue weighted by Crippen LogP contribution is -1.84. The molecule has 0 saturated heterocycles. The van der Waals surface area contributed by atoms with E-state index in [2.05, 4.69) is 4.98 Å². The normalized spacial score (nSPS) is 10.4. The van der Waals surface area contributed by atoms with Crippen LogP contribution < -0.4 is 5.73 Å². The fraction of sp³-hybridized carbons (Fsp3) is 0.100. The van der Waals surface area contributed by atoms with Crippen molar-refractivity contribution in [3.05, 3.63) is 35.0 Å². The number of halogens is 1. The van der Waals surface area contributed by atoms with Crippen LogP contribution in [0.5, 0.6) is 0 Å². The first-order chi connectivity index (χ1) is 6.68. The predicted octanol–water partition coefficient (Wildman–Crippen LogP) is 2.89. The summed E-state index contributed by atoms with van der Waals surface area (Å²) in [6, 6.07) is 7.61.